The number of para-hydroxylation sites is 1. The Morgan fingerprint density at radius 2 is 1.09 bits per heavy atom. The SMILES string of the molecule is CC1(C)C2=C(C=CCC2)N(c2ccc3c(c2)C(C)(C)c2cc(/C=C/c4ccc5c(c4)C(C)(C)c4cc(N6CCCC7=C6CCC=C7)ccc4-5)ccc2-3)c2ccccc21. The van der Waals surface area contributed by atoms with Gasteiger partial charge in [-0.1, -0.05) is 139 Å². The van der Waals surface area contributed by atoms with Gasteiger partial charge in [0.25, 0.3) is 0 Å². The maximum atomic E-state index is 2.61. The lowest BCUT2D eigenvalue weighted by Gasteiger charge is -2.44. The average molecular weight is 755 g/mol. The summed E-state index contributed by atoms with van der Waals surface area (Å²) in [4.78, 5) is 5.14. The molecule has 2 aliphatic heterocycles. The van der Waals surface area contributed by atoms with Crippen molar-refractivity contribution in [3.05, 3.63) is 183 Å². The van der Waals surface area contributed by atoms with Crippen molar-refractivity contribution in [1.29, 1.82) is 0 Å². The highest BCUT2D eigenvalue weighted by Gasteiger charge is 2.41. The number of hydrogen-bond acceptors (Lipinski definition) is 2. The van der Waals surface area contributed by atoms with E-state index in [2.05, 4.69) is 185 Å². The van der Waals surface area contributed by atoms with Crippen LogP contribution in [0.5, 0.6) is 0 Å². The van der Waals surface area contributed by atoms with Crippen LogP contribution in [-0.4, -0.2) is 6.54 Å². The molecular formula is C56H54N2. The average Bonchev–Trinajstić information content (AvgIpc) is 3.61. The first-order chi connectivity index (χ1) is 28.0. The highest BCUT2D eigenvalue weighted by Crippen LogP contribution is 2.55. The maximum Gasteiger partial charge on any atom is 0.0502 e. The van der Waals surface area contributed by atoms with Crippen LogP contribution in [0.4, 0.5) is 17.1 Å². The molecule has 0 N–H and O–H groups in total. The Morgan fingerprint density at radius 1 is 0.517 bits per heavy atom. The van der Waals surface area contributed by atoms with Crippen LogP contribution in [0, 0.1) is 0 Å². The summed E-state index contributed by atoms with van der Waals surface area (Å²) in [5.74, 6) is 0. The summed E-state index contributed by atoms with van der Waals surface area (Å²) < 4.78 is 0. The van der Waals surface area contributed by atoms with Crippen LogP contribution < -0.4 is 9.80 Å². The molecule has 0 saturated heterocycles. The van der Waals surface area contributed by atoms with E-state index >= 15 is 0 Å². The van der Waals surface area contributed by atoms with Gasteiger partial charge < -0.3 is 9.80 Å². The van der Waals surface area contributed by atoms with Crippen molar-refractivity contribution in [1.82, 2.24) is 0 Å². The molecule has 6 aliphatic rings. The molecule has 0 radical (unpaired) electrons. The standard InChI is InChI=1S/C56H54N2/c1-54(2)45-16-8-11-19-52(45)58(53-20-12-9-17-46(53)54)40-26-30-44-42-28-24-37(33-48(42)56(5,6)50(44)35-40)22-21-36-23-27-41-43-29-25-39(34-49(43)55(3,4)47(41)32-36)57-31-13-15-38-14-7-10-18-51(38)57/h7-8,11-12,14,16,19-30,32-35H,9-10,13,15,17-18,31H2,1-6H3/b22-21+. The van der Waals surface area contributed by atoms with Crippen LogP contribution in [-0.2, 0) is 16.2 Å². The minimum atomic E-state index is -0.124. The Bertz CT molecular complexity index is 2740. The van der Waals surface area contributed by atoms with Gasteiger partial charge in [-0.15, -0.1) is 0 Å². The zero-order valence-electron chi connectivity index (χ0n) is 35.0. The first-order valence-corrected chi connectivity index (χ1v) is 21.7. The smallest absolute Gasteiger partial charge is 0.0502 e. The lowest BCUT2D eigenvalue weighted by atomic mass is 9.70. The van der Waals surface area contributed by atoms with E-state index in [0.29, 0.717) is 0 Å². The van der Waals surface area contributed by atoms with Gasteiger partial charge in [0.15, 0.2) is 0 Å². The summed E-state index contributed by atoms with van der Waals surface area (Å²) in [6.07, 6.45) is 21.0. The summed E-state index contributed by atoms with van der Waals surface area (Å²) in [6.45, 7) is 15.6. The minimum absolute atomic E-state index is 0.0108. The Balaban J connectivity index is 0.886. The molecule has 0 aromatic heterocycles. The fourth-order valence-corrected chi connectivity index (χ4v) is 11.5. The van der Waals surface area contributed by atoms with E-state index in [0.717, 1.165) is 32.2 Å². The second-order valence-corrected chi connectivity index (χ2v) is 19.1. The molecule has 0 fully saturated rings. The Morgan fingerprint density at radius 3 is 1.78 bits per heavy atom. The molecule has 2 nitrogen and oxygen atoms in total. The van der Waals surface area contributed by atoms with E-state index in [1.807, 2.05) is 0 Å². The van der Waals surface area contributed by atoms with Gasteiger partial charge in [0.2, 0.25) is 0 Å². The monoisotopic (exact) mass is 754 g/mol. The van der Waals surface area contributed by atoms with E-state index in [1.54, 1.807) is 16.8 Å². The normalized spacial score (nSPS) is 20.1. The van der Waals surface area contributed by atoms with Gasteiger partial charge in [0.05, 0.1) is 5.69 Å². The number of fused-ring (bicyclic) bond motifs is 7. The van der Waals surface area contributed by atoms with Crippen molar-refractivity contribution in [2.45, 2.75) is 96.3 Å². The molecule has 5 aromatic rings. The van der Waals surface area contributed by atoms with Crippen molar-refractivity contribution >= 4 is 29.2 Å². The molecule has 11 rings (SSSR count). The van der Waals surface area contributed by atoms with Gasteiger partial charge in [-0.3, -0.25) is 0 Å². The summed E-state index contributed by atoms with van der Waals surface area (Å²) in [5.41, 5.74) is 24.8. The van der Waals surface area contributed by atoms with Crippen LogP contribution in [0.3, 0.4) is 0 Å². The molecule has 0 saturated carbocycles. The summed E-state index contributed by atoms with van der Waals surface area (Å²) >= 11 is 0. The van der Waals surface area contributed by atoms with Crippen molar-refractivity contribution in [2.75, 3.05) is 16.3 Å². The van der Waals surface area contributed by atoms with E-state index in [-0.39, 0.29) is 16.2 Å². The van der Waals surface area contributed by atoms with Crippen molar-refractivity contribution in [2.24, 2.45) is 0 Å². The Kier molecular flexibility index (Phi) is 7.78. The van der Waals surface area contributed by atoms with E-state index in [9.17, 15) is 0 Å². The molecule has 5 aromatic carbocycles. The Labute approximate surface area is 345 Å². The predicted molar refractivity (Wildman–Crippen MR) is 246 cm³/mol. The minimum Gasteiger partial charge on any atom is -0.345 e. The molecule has 0 unspecified atom stereocenters. The molecule has 288 valence electrons. The van der Waals surface area contributed by atoms with Crippen molar-refractivity contribution in [3.63, 3.8) is 0 Å². The fourth-order valence-electron chi connectivity index (χ4n) is 11.5. The first-order valence-electron chi connectivity index (χ1n) is 21.7. The van der Waals surface area contributed by atoms with Gasteiger partial charge in [0, 0.05) is 45.6 Å². The van der Waals surface area contributed by atoms with Crippen LogP contribution in [0.1, 0.15) is 119 Å². The van der Waals surface area contributed by atoms with Gasteiger partial charge >= 0.3 is 0 Å². The first kappa shape index (κ1) is 35.6. The molecule has 0 amide bonds. The lowest BCUT2D eigenvalue weighted by Crippen LogP contribution is -2.34. The number of hydrogen-bond donors (Lipinski definition) is 0. The molecule has 0 atom stereocenters. The quantitative estimate of drug-likeness (QED) is 0.169. The second-order valence-electron chi connectivity index (χ2n) is 19.1. The van der Waals surface area contributed by atoms with E-state index < -0.39 is 0 Å². The Hall–Kier alpha value is -5.60. The molecule has 2 heterocycles. The topological polar surface area (TPSA) is 6.48 Å². The summed E-state index contributed by atoms with van der Waals surface area (Å²) in [7, 11) is 0. The van der Waals surface area contributed by atoms with Crippen LogP contribution >= 0.6 is 0 Å². The van der Waals surface area contributed by atoms with Crippen molar-refractivity contribution < 1.29 is 0 Å². The van der Waals surface area contributed by atoms with Crippen LogP contribution in [0.2, 0.25) is 0 Å². The number of nitrogens with zero attached hydrogens (tertiary/aromatic N) is 2. The zero-order chi connectivity index (χ0) is 39.6. The highest BCUT2D eigenvalue weighted by molar-refractivity contribution is 5.88. The largest absolute Gasteiger partial charge is 0.345 e. The number of benzene rings is 5. The third-order valence-electron chi connectivity index (χ3n) is 14.8. The highest BCUT2D eigenvalue weighted by atomic mass is 15.2. The summed E-state index contributed by atoms with van der Waals surface area (Å²) in [5, 5.41) is 0. The fraction of sp³-hybridized carbons (Fsp3) is 0.286. The van der Waals surface area contributed by atoms with Gasteiger partial charge in [-0.25, -0.2) is 0 Å². The van der Waals surface area contributed by atoms with Crippen LogP contribution in [0.25, 0.3) is 34.4 Å². The van der Waals surface area contributed by atoms with Crippen LogP contribution in [0.15, 0.2) is 144 Å². The third kappa shape index (κ3) is 5.16. The second kappa shape index (κ2) is 12.7. The van der Waals surface area contributed by atoms with Gasteiger partial charge in [0.1, 0.15) is 0 Å². The maximum absolute atomic E-state index is 2.61. The molecule has 0 spiro atoms. The molecule has 58 heavy (non-hydrogen) atoms. The predicted octanol–water partition coefficient (Wildman–Crippen LogP) is 14.7. The summed E-state index contributed by atoms with van der Waals surface area (Å²) in [6, 6.07) is 37.7. The lowest BCUT2D eigenvalue weighted by molar-refractivity contribution is 0.570. The van der Waals surface area contributed by atoms with E-state index in [1.165, 1.54) is 96.8 Å². The zero-order valence-corrected chi connectivity index (χ0v) is 35.0. The van der Waals surface area contributed by atoms with Crippen molar-refractivity contribution in [3.8, 4) is 22.3 Å². The third-order valence-corrected chi connectivity index (χ3v) is 14.8. The molecule has 0 bridgehead atoms. The molecule has 2 heteroatoms. The number of allylic oxidation sites excluding steroid dienone is 7. The molecule has 4 aliphatic carbocycles. The number of anilines is 3. The van der Waals surface area contributed by atoms with Gasteiger partial charge in [-0.2, -0.15) is 0 Å². The molecular weight excluding hydrogens is 701 g/mol. The van der Waals surface area contributed by atoms with E-state index in [4.69, 9.17) is 0 Å². The van der Waals surface area contributed by atoms with Gasteiger partial charge in [-0.05, 0) is 147 Å². The number of rotatable bonds is 4.